The first-order valence-corrected chi connectivity index (χ1v) is 7.30. The zero-order chi connectivity index (χ0) is 17.5. The molecule has 0 N–H and O–H groups in total. The second-order valence-corrected chi connectivity index (χ2v) is 5.12. The molecule has 2 aromatic carbocycles. The molecular weight excluding hydrogens is 313 g/mol. The Morgan fingerprint density at radius 2 is 1.83 bits per heavy atom. The number of ether oxygens (including phenoxy) is 2. The molecule has 0 spiro atoms. The third kappa shape index (κ3) is 4.81. The van der Waals surface area contributed by atoms with Crippen molar-refractivity contribution in [3.8, 4) is 5.75 Å². The maximum Gasteiger partial charge on any atom is 0.315 e. The number of rotatable bonds is 6. The fraction of sp³-hybridized carbons (Fsp3) is 0.222. The Balaban J connectivity index is 1.94. The van der Waals surface area contributed by atoms with E-state index in [4.69, 9.17) is 4.74 Å². The van der Waals surface area contributed by atoms with E-state index in [0.29, 0.717) is 11.4 Å². The van der Waals surface area contributed by atoms with Crippen LogP contribution in [-0.4, -0.2) is 26.0 Å². The summed E-state index contributed by atoms with van der Waals surface area (Å²) in [5, 5.41) is 0. The summed E-state index contributed by atoms with van der Waals surface area (Å²) in [6.45, 7) is 0.244. The van der Waals surface area contributed by atoms with Crippen LogP contribution in [0.1, 0.15) is 12.0 Å². The van der Waals surface area contributed by atoms with E-state index in [2.05, 4.69) is 4.74 Å². The van der Waals surface area contributed by atoms with Gasteiger partial charge in [-0.15, -0.1) is 0 Å². The molecule has 0 atom stereocenters. The van der Waals surface area contributed by atoms with Crippen LogP contribution in [0, 0.1) is 5.82 Å². The molecule has 0 bridgehead atoms. The Kier molecular flexibility index (Phi) is 5.89. The van der Waals surface area contributed by atoms with Crippen molar-refractivity contribution in [3.63, 3.8) is 0 Å². The van der Waals surface area contributed by atoms with Gasteiger partial charge in [-0.1, -0.05) is 12.1 Å². The lowest BCUT2D eigenvalue weighted by molar-refractivity contribution is -0.143. The molecule has 0 aliphatic carbocycles. The quantitative estimate of drug-likeness (QED) is 0.603. The normalized spacial score (nSPS) is 10.1. The van der Waals surface area contributed by atoms with E-state index < -0.39 is 5.97 Å². The van der Waals surface area contributed by atoms with Gasteiger partial charge in [0, 0.05) is 12.7 Å². The summed E-state index contributed by atoms with van der Waals surface area (Å²) in [4.78, 5) is 24.4. The lowest BCUT2D eigenvalue weighted by atomic mass is 10.2. The van der Waals surface area contributed by atoms with Crippen LogP contribution in [0.15, 0.2) is 48.5 Å². The number of esters is 1. The second kappa shape index (κ2) is 8.10. The second-order valence-electron chi connectivity index (χ2n) is 5.12. The van der Waals surface area contributed by atoms with Crippen LogP contribution in [0.25, 0.3) is 0 Å². The molecule has 0 saturated carbocycles. The van der Waals surface area contributed by atoms with Gasteiger partial charge < -0.3 is 14.4 Å². The number of benzene rings is 2. The van der Waals surface area contributed by atoms with Crippen LogP contribution in [0.3, 0.4) is 0 Å². The van der Waals surface area contributed by atoms with Gasteiger partial charge in [-0.25, -0.2) is 4.39 Å². The average molecular weight is 331 g/mol. The number of anilines is 1. The number of methoxy groups -OCH3 is 1. The summed E-state index contributed by atoms with van der Waals surface area (Å²) in [5.74, 6) is -0.661. The van der Waals surface area contributed by atoms with Gasteiger partial charge in [-0.2, -0.15) is 0 Å². The molecule has 2 aromatic rings. The van der Waals surface area contributed by atoms with Gasteiger partial charge in [0.25, 0.3) is 0 Å². The maximum absolute atomic E-state index is 13.1. The average Bonchev–Trinajstić information content (AvgIpc) is 2.59. The highest BCUT2D eigenvalue weighted by Gasteiger charge is 2.15. The molecule has 0 radical (unpaired) electrons. The summed E-state index contributed by atoms with van der Waals surface area (Å²) in [7, 11) is 2.81. The Hall–Kier alpha value is -2.89. The van der Waals surface area contributed by atoms with Gasteiger partial charge in [0.2, 0.25) is 5.91 Å². The monoisotopic (exact) mass is 331 g/mol. The van der Waals surface area contributed by atoms with E-state index in [-0.39, 0.29) is 24.8 Å². The molecule has 6 heteroatoms. The van der Waals surface area contributed by atoms with Gasteiger partial charge in [0.15, 0.2) is 0 Å². The molecular formula is C18H18FNO4. The van der Waals surface area contributed by atoms with Crippen molar-refractivity contribution in [2.45, 2.75) is 13.0 Å². The van der Waals surface area contributed by atoms with Crippen molar-refractivity contribution in [2.24, 2.45) is 0 Å². The molecule has 0 unspecified atom stereocenters. The molecule has 2 rings (SSSR count). The molecule has 0 aromatic heterocycles. The van der Waals surface area contributed by atoms with E-state index in [1.807, 2.05) is 0 Å². The third-order valence-corrected chi connectivity index (χ3v) is 3.42. The highest BCUT2D eigenvalue weighted by Crippen LogP contribution is 2.20. The molecule has 0 aliphatic heterocycles. The van der Waals surface area contributed by atoms with Crippen molar-refractivity contribution < 1.29 is 23.5 Å². The van der Waals surface area contributed by atoms with Crippen molar-refractivity contribution in [1.82, 2.24) is 0 Å². The van der Waals surface area contributed by atoms with E-state index in [9.17, 15) is 14.0 Å². The Labute approximate surface area is 139 Å². The van der Waals surface area contributed by atoms with Crippen LogP contribution in [0.2, 0.25) is 0 Å². The predicted molar refractivity (Wildman–Crippen MR) is 87.2 cm³/mol. The number of hydrogen-bond donors (Lipinski definition) is 0. The van der Waals surface area contributed by atoms with Gasteiger partial charge in [0.05, 0.1) is 7.11 Å². The van der Waals surface area contributed by atoms with Crippen molar-refractivity contribution in [2.75, 3.05) is 19.1 Å². The number of amides is 1. The van der Waals surface area contributed by atoms with Crippen molar-refractivity contribution in [3.05, 3.63) is 59.9 Å². The standard InChI is InChI=1S/C18H18FNO4/c1-20(17(21)11-18(22)23-2)15-6-8-16(9-7-15)24-12-13-4-3-5-14(19)10-13/h3-10H,11-12H2,1-2H3. The first-order valence-electron chi connectivity index (χ1n) is 7.30. The minimum absolute atomic E-state index is 0.244. The fourth-order valence-corrected chi connectivity index (χ4v) is 2.02. The zero-order valence-electron chi connectivity index (χ0n) is 13.5. The Morgan fingerprint density at radius 1 is 1.12 bits per heavy atom. The van der Waals surface area contributed by atoms with Crippen LogP contribution in [0.4, 0.5) is 10.1 Å². The highest BCUT2D eigenvalue weighted by molar-refractivity contribution is 6.03. The number of carbonyl (C=O) groups is 2. The van der Waals surface area contributed by atoms with Crippen molar-refractivity contribution in [1.29, 1.82) is 0 Å². The van der Waals surface area contributed by atoms with Crippen molar-refractivity contribution >= 4 is 17.6 Å². The summed E-state index contributed by atoms with van der Waals surface area (Å²) >= 11 is 0. The molecule has 5 nitrogen and oxygen atoms in total. The van der Waals surface area contributed by atoms with E-state index in [1.165, 1.54) is 24.1 Å². The summed E-state index contributed by atoms with van der Waals surface area (Å²) < 4.78 is 23.2. The first kappa shape index (κ1) is 17.5. The zero-order valence-corrected chi connectivity index (χ0v) is 13.5. The molecule has 0 saturated heterocycles. The van der Waals surface area contributed by atoms with Crippen LogP contribution in [-0.2, 0) is 20.9 Å². The highest BCUT2D eigenvalue weighted by atomic mass is 19.1. The van der Waals surface area contributed by atoms with E-state index >= 15 is 0 Å². The molecule has 24 heavy (non-hydrogen) atoms. The van der Waals surface area contributed by atoms with Crippen LogP contribution >= 0.6 is 0 Å². The summed E-state index contributed by atoms with van der Waals surface area (Å²) in [6, 6.07) is 13.0. The third-order valence-electron chi connectivity index (χ3n) is 3.42. The topological polar surface area (TPSA) is 55.8 Å². The SMILES string of the molecule is COC(=O)CC(=O)N(C)c1ccc(OCc2cccc(F)c2)cc1. The maximum atomic E-state index is 13.1. The largest absolute Gasteiger partial charge is 0.489 e. The Bertz CT molecular complexity index is 715. The van der Waals surface area contributed by atoms with Crippen LogP contribution < -0.4 is 9.64 Å². The van der Waals surface area contributed by atoms with Gasteiger partial charge in [-0.05, 0) is 42.0 Å². The number of halogens is 1. The lowest BCUT2D eigenvalue weighted by Gasteiger charge is -2.17. The summed E-state index contributed by atoms with van der Waals surface area (Å²) in [5.41, 5.74) is 1.35. The van der Waals surface area contributed by atoms with Gasteiger partial charge in [-0.3, -0.25) is 9.59 Å². The van der Waals surface area contributed by atoms with Gasteiger partial charge in [0.1, 0.15) is 24.6 Å². The smallest absolute Gasteiger partial charge is 0.315 e. The predicted octanol–water partition coefficient (Wildman–Crippen LogP) is 2.93. The van der Waals surface area contributed by atoms with Crippen LogP contribution in [0.5, 0.6) is 5.75 Å². The number of hydrogen-bond acceptors (Lipinski definition) is 4. The molecule has 126 valence electrons. The Morgan fingerprint density at radius 3 is 2.46 bits per heavy atom. The minimum Gasteiger partial charge on any atom is -0.489 e. The molecule has 0 heterocycles. The van der Waals surface area contributed by atoms with E-state index in [0.717, 1.165) is 5.56 Å². The minimum atomic E-state index is -0.582. The lowest BCUT2D eigenvalue weighted by Crippen LogP contribution is -2.28. The fourth-order valence-electron chi connectivity index (χ4n) is 2.02. The molecule has 0 fully saturated rings. The van der Waals surface area contributed by atoms with E-state index in [1.54, 1.807) is 43.4 Å². The van der Waals surface area contributed by atoms with Gasteiger partial charge >= 0.3 is 5.97 Å². The number of carbonyl (C=O) groups excluding carboxylic acids is 2. The first-order chi connectivity index (χ1) is 11.5. The molecule has 0 aliphatic rings. The molecule has 1 amide bonds. The summed E-state index contributed by atoms with van der Waals surface area (Å²) in [6.07, 6.45) is -0.315. The number of nitrogens with zero attached hydrogens (tertiary/aromatic N) is 1.